The van der Waals surface area contributed by atoms with E-state index in [-0.39, 0.29) is 29.8 Å². The van der Waals surface area contributed by atoms with E-state index in [1.807, 2.05) is 37.3 Å². The quantitative estimate of drug-likeness (QED) is 0.157. The molecule has 0 aliphatic heterocycles. The molecule has 0 atom stereocenters. The molecule has 0 spiro atoms. The first-order valence-electron chi connectivity index (χ1n) is 13.0. The molecule has 10 nitrogen and oxygen atoms in total. The molecule has 4 N–H and O–H groups in total. The van der Waals surface area contributed by atoms with Gasteiger partial charge in [0.1, 0.15) is 12.4 Å². The van der Waals surface area contributed by atoms with Crippen molar-refractivity contribution in [1.29, 1.82) is 0 Å². The number of ether oxygens (including phenoxy) is 4. The number of anilines is 1. The lowest BCUT2D eigenvalue weighted by Gasteiger charge is -2.14. The van der Waals surface area contributed by atoms with E-state index in [1.165, 1.54) is 33.5 Å². The molecule has 0 heterocycles. The monoisotopic (exact) mass is 604 g/mol. The number of guanidine groups is 1. The summed E-state index contributed by atoms with van der Waals surface area (Å²) in [4.78, 5) is 30.1. The summed E-state index contributed by atoms with van der Waals surface area (Å²) in [7, 11) is 4.39. The highest BCUT2D eigenvalue weighted by atomic mass is 35.5. The van der Waals surface area contributed by atoms with Crippen molar-refractivity contribution in [2.45, 2.75) is 13.5 Å². The standard InChI is InChI=1S/C32H32N4O6.ClH/c1-20-10-13-24(34-32(33)36-31(38)23-16-27(39-2)29(41-4)28(17-23)40-3)18-26(20)35-30(37)22-11-14-25(15-12-22)42-19-21-8-6-5-7-9-21;/h5-18H,19H2,1-4H3,(H,35,37)(H3,33,34,36,38);1H. The van der Waals surface area contributed by atoms with Crippen LogP contribution in [0.1, 0.15) is 31.8 Å². The van der Waals surface area contributed by atoms with Crippen molar-refractivity contribution in [3.63, 3.8) is 0 Å². The lowest BCUT2D eigenvalue weighted by Crippen LogP contribution is -2.36. The highest BCUT2D eigenvalue weighted by Crippen LogP contribution is 2.38. The van der Waals surface area contributed by atoms with Crippen LogP contribution in [0.4, 0.5) is 11.4 Å². The molecule has 224 valence electrons. The van der Waals surface area contributed by atoms with Crippen LogP contribution >= 0.6 is 12.4 Å². The number of carbonyl (C=O) groups is 2. The Hall–Kier alpha value is -5.22. The van der Waals surface area contributed by atoms with Crippen molar-refractivity contribution < 1.29 is 28.5 Å². The summed E-state index contributed by atoms with van der Waals surface area (Å²) in [5, 5.41) is 5.45. The molecule has 2 amide bonds. The minimum atomic E-state index is -0.521. The molecular formula is C32H33ClN4O6. The van der Waals surface area contributed by atoms with Gasteiger partial charge in [0.05, 0.1) is 27.0 Å². The molecule has 0 unspecified atom stereocenters. The van der Waals surface area contributed by atoms with E-state index >= 15 is 0 Å². The summed E-state index contributed by atoms with van der Waals surface area (Å²) in [6.07, 6.45) is 0. The molecule has 0 fully saturated rings. The van der Waals surface area contributed by atoms with Gasteiger partial charge in [0.25, 0.3) is 11.8 Å². The van der Waals surface area contributed by atoms with Gasteiger partial charge in [-0.25, -0.2) is 4.99 Å². The van der Waals surface area contributed by atoms with Crippen LogP contribution in [-0.2, 0) is 6.61 Å². The van der Waals surface area contributed by atoms with E-state index in [2.05, 4.69) is 15.6 Å². The first-order chi connectivity index (χ1) is 20.3. The molecule has 0 aliphatic rings. The van der Waals surface area contributed by atoms with Crippen LogP contribution in [0.5, 0.6) is 23.0 Å². The Kier molecular flexibility index (Phi) is 11.4. The number of benzene rings is 4. The van der Waals surface area contributed by atoms with Gasteiger partial charge in [0.2, 0.25) is 11.7 Å². The van der Waals surface area contributed by atoms with Crippen molar-refractivity contribution in [2.24, 2.45) is 10.7 Å². The van der Waals surface area contributed by atoms with Crippen molar-refractivity contribution in [3.8, 4) is 23.0 Å². The van der Waals surface area contributed by atoms with E-state index in [0.717, 1.165) is 11.1 Å². The predicted molar refractivity (Wildman–Crippen MR) is 168 cm³/mol. The van der Waals surface area contributed by atoms with Crippen molar-refractivity contribution in [2.75, 3.05) is 26.6 Å². The van der Waals surface area contributed by atoms with Crippen molar-refractivity contribution >= 4 is 41.6 Å². The van der Waals surface area contributed by atoms with Gasteiger partial charge in [0, 0.05) is 16.8 Å². The van der Waals surface area contributed by atoms with Gasteiger partial charge in [-0.1, -0.05) is 36.4 Å². The van der Waals surface area contributed by atoms with Gasteiger partial charge in [-0.05, 0) is 66.6 Å². The summed E-state index contributed by atoms with van der Waals surface area (Å²) < 4.78 is 21.7. The maximum Gasteiger partial charge on any atom is 0.258 e. The predicted octanol–water partition coefficient (Wildman–Crippen LogP) is 5.65. The van der Waals surface area contributed by atoms with Gasteiger partial charge in [-0.3, -0.25) is 14.9 Å². The molecule has 0 aromatic heterocycles. The molecule has 4 rings (SSSR count). The van der Waals surface area contributed by atoms with Crippen molar-refractivity contribution in [3.05, 3.63) is 107 Å². The first kappa shape index (κ1) is 32.3. The Morgan fingerprint density at radius 2 is 1.44 bits per heavy atom. The van der Waals surface area contributed by atoms with E-state index < -0.39 is 5.91 Å². The number of amides is 2. The minimum Gasteiger partial charge on any atom is -0.493 e. The summed E-state index contributed by atoms with van der Waals surface area (Å²) >= 11 is 0. The molecule has 0 bridgehead atoms. The fourth-order valence-electron chi connectivity index (χ4n) is 4.02. The van der Waals surface area contributed by atoms with Crippen LogP contribution < -0.4 is 35.3 Å². The number of nitrogens with zero attached hydrogens (tertiary/aromatic N) is 1. The van der Waals surface area contributed by atoms with Gasteiger partial charge in [-0.15, -0.1) is 12.4 Å². The third-order valence-electron chi connectivity index (χ3n) is 6.25. The highest BCUT2D eigenvalue weighted by Gasteiger charge is 2.17. The van der Waals surface area contributed by atoms with Gasteiger partial charge in [-0.2, -0.15) is 0 Å². The third-order valence-corrected chi connectivity index (χ3v) is 6.25. The Morgan fingerprint density at radius 1 is 0.791 bits per heavy atom. The summed E-state index contributed by atoms with van der Waals surface area (Å²) in [6, 6.07) is 24.9. The molecule has 4 aromatic carbocycles. The minimum absolute atomic E-state index is 0. The second-order valence-electron chi connectivity index (χ2n) is 9.12. The zero-order valence-corrected chi connectivity index (χ0v) is 25.0. The molecule has 0 saturated carbocycles. The first-order valence-corrected chi connectivity index (χ1v) is 13.0. The van der Waals surface area contributed by atoms with Gasteiger partial charge < -0.3 is 30.0 Å². The fourth-order valence-corrected chi connectivity index (χ4v) is 4.02. The van der Waals surface area contributed by atoms with Gasteiger partial charge in [0.15, 0.2) is 11.5 Å². The average molecular weight is 605 g/mol. The van der Waals surface area contributed by atoms with Crippen molar-refractivity contribution in [1.82, 2.24) is 5.32 Å². The van der Waals surface area contributed by atoms with E-state index in [0.29, 0.717) is 46.5 Å². The Morgan fingerprint density at radius 3 is 2.05 bits per heavy atom. The van der Waals surface area contributed by atoms with Crippen LogP contribution in [0.2, 0.25) is 0 Å². The Labute approximate surface area is 256 Å². The smallest absolute Gasteiger partial charge is 0.258 e. The van der Waals surface area contributed by atoms with E-state index in [9.17, 15) is 9.59 Å². The second-order valence-corrected chi connectivity index (χ2v) is 9.12. The number of aryl methyl sites for hydroxylation is 1. The molecule has 4 aromatic rings. The largest absolute Gasteiger partial charge is 0.493 e. The van der Waals surface area contributed by atoms with Crippen LogP contribution in [0.15, 0.2) is 89.9 Å². The SMILES string of the molecule is COc1cc(C(=O)NC(N)=Nc2ccc(C)c(NC(=O)c3ccc(OCc4ccccc4)cc3)c2)cc(OC)c1OC.Cl. The maximum absolute atomic E-state index is 12.9. The molecule has 0 radical (unpaired) electrons. The number of nitrogens with one attached hydrogen (secondary N) is 2. The number of halogens is 1. The topological polar surface area (TPSA) is 134 Å². The summed E-state index contributed by atoms with van der Waals surface area (Å²) in [6.45, 7) is 2.30. The zero-order chi connectivity index (χ0) is 30.1. The van der Waals surface area contributed by atoms with Crippen LogP contribution in [0, 0.1) is 6.92 Å². The number of aliphatic imine (C=N–C) groups is 1. The zero-order valence-electron chi connectivity index (χ0n) is 24.2. The second kappa shape index (κ2) is 15.1. The lowest BCUT2D eigenvalue weighted by atomic mass is 10.1. The summed E-state index contributed by atoms with van der Waals surface area (Å²) in [5.41, 5.74) is 9.59. The van der Waals surface area contributed by atoms with Crippen LogP contribution in [-0.4, -0.2) is 39.1 Å². The number of methoxy groups -OCH3 is 3. The molecule has 0 aliphatic carbocycles. The third kappa shape index (κ3) is 8.40. The number of carbonyl (C=O) groups excluding carboxylic acids is 2. The van der Waals surface area contributed by atoms with Gasteiger partial charge >= 0.3 is 0 Å². The maximum atomic E-state index is 12.9. The Bertz CT molecular complexity index is 1570. The fraction of sp³-hybridized carbons (Fsp3) is 0.156. The molecule has 11 heteroatoms. The van der Waals surface area contributed by atoms with Crippen LogP contribution in [0.3, 0.4) is 0 Å². The Balaban J connectivity index is 0.00000506. The normalized spacial score (nSPS) is 10.7. The lowest BCUT2D eigenvalue weighted by molar-refractivity contribution is 0.0974. The highest BCUT2D eigenvalue weighted by molar-refractivity contribution is 6.07. The molecule has 43 heavy (non-hydrogen) atoms. The summed E-state index contributed by atoms with van der Waals surface area (Å²) in [5.74, 6) is 0.717. The number of hydrogen-bond donors (Lipinski definition) is 3. The number of nitrogens with two attached hydrogens (primary N) is 1. The van der Waals surface area contributed by atoms with Crippen LogP contribution in [0.25, 0.3) is 0 Å². The molecule has 0 saturated heterocycles. The van der Waals surface area contributed by atoms with E-state index in [1.54, 1.807) is 42.5 Å². The number of rotatable bonds is 10. The number of hydrogen-bond acceptors (Lipinski definition) is 7. The molecular weight excluding hydrogens is 572 g/mol. The van der Waals surface area contributed by atoms with E-state index in [4.69, 9.17) is 24.7 Å². The average Bonchev–Trinajstić information content (AvgIpc) is 3.01.